The molecule has 0 aromatic heterocycles. The summed E-state index contributed by atoms with van der Waals surface area (Å²) in [4.78, 5) is 11.9. The fourth-order valence-electron chi connectivity index (χ4n) is 1.76. The molecule has 0 spiro atoms. The van der Waals surface area contributed by atoms with Crippen LogP contribution in [0.1, 0.15) is 16.8 Å². The number of nitrogens with one attached hydrogen (secondary N) is 2. The molecule has 5 heteroatoms. The van der Waals surface area contributed by atoms with Gasteiger partial charge in [0, 0.05) is 23.1 Å². The zero-order valence-corrected chi connectivity index (χ0v) is 12.1. The second kappa shape index (κ2) is 6.36. The van der Waals surface area contributed by atoms with Crippen molar-refractivity contribution in [2.75, 3.05) is 19.6 Å². The van der Waals surface area contributed by atoms with Crippen LogP contribution in [0.2, 0.25) is 5.02 Å². The first kappa shape index (κ1) is 13.6. The number of hydrogen-bond donors (Lipinski definition) is 2. The van der Waals surface area contributed by atoms with Gasteiger partial charge in [-0.05, 0) is 47.1 Å². The summed E-state index contributed by atoms with van der Waals surface area (Å²) < 4.78 is 0.734. The molecule has 0 unspecified atom stereocenters. The molecule has 1 aromatic rings. The third kappa shape index (κ3) is 3.57. The minimum atomic E-state index is -0.0770. The van der Waals surface area contributed by atoms with Gasteiger partial charge in [0.05, 0.1) is 5.02 Å². The summed E-state index contributed by atoms with van der Waals surface area (Å²) in [6.45, 7) is 2.48. The molecule has 1 aromatic carbocycles. The van der Waals surface area contributed by atoms with Gasteiger partial charge in [-0.1, -0.05) is 23.3 Å². The van der Waals surface area contributed by atoms with E-state index in [2.05, 4.69) is 32.6 Å². The van der Waals surface area contributed by atoms with Crippen LogP contribution in [0, 0.1) is 0 Å². The molecule has 0 atom stereocenters. The number of carbonyl (C=O) groups excluding carboxylic acids is 1. The Kier molecular flexibility index (Phi) is 4.80. The highest BCUT2D eigenvalue weighted by Crippen LogP contribution is 2.23. The van der Waals surface area contributed by atoms with E-state index in [0.717, 1.165) is 24.0 Å². The summed E-state index contributed by atoms with van der Waals surface area (Å²) in [5.74, 6) is -0.0770. The molecule has 1 aliphatic heterocycles. The van der Waals surface area contributed by atoms with E-state index in [9.17, 15) is 4.79 Å². The van der Waals surface area contributed by atoms with Gasteiger partial charge in [-0.15, -0.1) is 0 Å². The zero-order chi connectivity index (χ0) is 13.0. The van der Waals surface area contributed by atoms with Crippen LogP contribution < -0.4 is 10.6 Å². The lowest BCUT2D eigenvalue weighted by molar-refractivity contribution is 0.0956. The maximum absolute atomic E-state index is 11.9. The van der Waals surface area contributed by atoms with Crippen LogP contribution >= 0.6 is 27.5 Å². The second-order valence-corrected chi connectivity index (χ2v) is 5.39. The van der Waals surface area contributed by atoms with Crippen LogP contribution in [0.15, 0.2) is 34.3 Å². The summed E-state index contributed by atoms with van der Waals surface area (Å²) in [6, 6.07) is 5.16. The van der Waals surface area contributed by atoms with E-state index in [1.54, 1.807) is 18.2 Å². The van der Waals surface area contributed by atoms with Gasteiger partial charge in [-0.25, -0.2) is 0 Å². The number of hydrogen-bond acceptors (Lipinski definition) is 2. The maximum atomic E-state index is 11.9. The monoisotopic (exact) mass is 328 g/mol. The lowest BCUT2D eigenvalue weighted by Gasteiger charge is -2.14. The molecule has 0 aliphatic carbocycles. The minimum Gasteiger partial charge on any atom is -0.348 e. The Balaban J connectivity index is 1.95. The van der Waals surface area contributed by atoms with Crippen molar-refractivity contribution in [3.05, 3.63) is 44.9 Å². The van der Waals surface area contributed by atoms with Crippen molar-refractivity contribution in [2.24, 2.45) is 0 Å². The van der Waals surface area contributed by atoms with Crippen molar-refractivity contribution in [3.8, 4) is 0 Å². The Labute approximate surface area is 120 Å². The van der Waals surface area contributed by atoms with E-state index >= 15 is 0 Å². The first-order chi connectivity index (χ1) is 8.66. The van der Waals surface area contributed by atoms with Crippen molar-refractivity contribution in [1.29, 1.82) is 0 Å². The van der Waals surface area contributed by atoms with E-state index < -0.39 is 0 Å². The Bertz CT molecular complexity index is 488. The van der Waals surface area contributed by atoms with E-state index in [4.69, 9.17) is 11.6 Å². The third-order valence-corrected chi connectivity index (χ3v) is 4.03. The summed E-state index contributed by atoms with van der Waals surface area (Å²) in [5, 5.41) is 6.76. The van der Waals surface area contributed by atoms with Gasteiger partial charge in [-0.3, -0.25) is 4.79 Å². The zero-order valence-electron chi connectivity index (χ0n) is 9.80. The lowest BCUT2D eigenvalue weighted by atomic mass is 10.1. The van der Waals surface area contributed by atoms with E-state index in [1.165, 1.54) is 5.57 Å². The number of amides is 1. The summed E-state index contributed by atoms with van der Waals surface area (Å²) >= 11 is 9.20. The van der Waals surface area contributed by atoms with E-state index in [1.807, 2.05) is 0 Å². The Hall–Kier alpha value is -0.840. The molecule has 1 aliphatic rings. The molecule has 0 saturated carbocycles. The standard InChI is InChI=1S/C13H14BrClN2O/c14-11-7-10(1-2-12(11)15)13(18)17-8-9-3-5-16-6-4-9/h1-3,7,16H,4-6,8H2,(H,17,18). The van der Waals surface area contributed by atoms with Gasteiger partial charge >= 0.3 is 0 Å². The largest absolute Gasteiger partial charge is 0.348 e. The predicted molar refractivity (Wildman–Crippen MR) is 77.1 cm³/mol. The highest BCUT2D eigenvalue weighted by molar-refractivity contribution is 9.10. The van der Waals surface area contributed by atoms with Gasteiger partial charge in [0.15, 0.2) is 0 Å². The van der Waals surface area contributed by atoms with Crippen molar-refractivity contribution in [1.82, 2.24) is 10.6 Å². The highest BCUT2D eigenvalue weighted by Gasteiger charge is 2.09. The average molecular weight is 330 g/mol. The van der Waals surface area contributed by atoms with Crippen LogP contribution in [0.3, 0.4) is 0 Å². The normalized spacial score (nSPS) is 15.1. The van der Waals surface area contributed by atoms with Gasteiger partial charge < -0.3 is 10.6 Å². The van der Waals surface area contributed by atoms with Crippen LogP contribution in [0.4, 0.5) is 0 Å². The Morgan fingerprint density at radius 3 is 3.00 bits per heavy atom. The number of benzene rings is 1. The third-order valence-electron chi connectivity index (χ3n) is 2.82. The topological polar surface area (TPSA) is 41.1 Å². The predicted octanol–water partition coefficient (Wildman–Crippen LogP) is 2.75. The Morgan fingerprint density at radius 1 is 1.50 bits per heavy atom. The van der Waals surface area contributed by atoms with Crippen LogP contribution in [0.25, 0.3) is 0 Å². The summed E-state index contributed by atoms with van der Waals surface area (Å²) in [6.07, 6.45) is 3.12. The number of halogens is 2. The molecule has 96 valence electrons. The van der Waals surface area contributed by atoms with Gasteiger partial charge in [0.2, 0.25) is 0 Å². The molecule has 0 radical (unpaired) electrons. The van der Waals surface area contributed by atoms with Gasteiger partial charge in [-0.2, -0.15) is 0 Å². The maximum Gasteiger partial charge on any atom is 0.251 e. The summed E-state index contributed by atoms with van der Waals surface area (Å²) in [5.41, 5.74) is 1.89. The second-order valence-electron chi connectivity index (χ2n) is 4.13. The molecule has 18 heavy (non-hydrogen) atoms. The number of carbonyl (C=O) groups is 1. The van der Waals surface area contributed by atoms with Crippen LogP contribution in [0.5, 0.6) is 0 Å². The SMILES string of the molecule is O=C(NCC1=CCNCC1)c1ccc(Cl)c(Br)c1. The lowest BCUT2D eigenvalue weighted by Crippen LogP contribution is -2.29. The fraction of sp³-hybridized carbons (Fsp3) is 0.308. The minimum absolute atomic E-state index is 0.0770. The molecule has 2 N–H and O–H groups in total. The van der Waals surface area contributed by atoms with Crippen molar-refractivity contribution in [2.45, 2.75) is 6.42 Å². The molecule has 0 saturated heterocycles. The first-order valence-electron chi connectivity index (χ1n) is 5.78. The Morgan fingerprint density at radius 2 is 2.33 bits per heavy atom. The highest BCUT2D eigenvalue weighted by atomic mass is 79.9. The molecular weight excluding hydrogens is 316 g/mol. The van der Waals surface area contributed by atoms with Crippen molar-refractivity contribution in [3.63, 3.8) is 0 Å². The van der Waals surface area contributed by atoms with Crippen molar-refractivity contribution >= 4 is 33.4 Å². The van der Waals surface area contributed by atoms with E-state index in [0.29, 0.717) is 17.1 Å². The quantitative estimate of drug-likeness (QED) is 0.837. The van der Waals surface area contributed by atoms with Gasteiger partial charge in [0.25, 0.3) is 5.91 Å². The van der Waals surface area contributed by atoms with Crippen LogP contribution in [-0.4, -0.2) is 25.5 Å². The summed E-state index contributed by atoms with van der Waals surface area (Å²) in [7, 11) is 0. The van der Waals surface area contributed by atoms with E-state index in [-0.39, 0.29) is 5.91 Å². The number of rotatable bonds is 3. The molecule has 1 heterocycles. The molecule has 2 rings (SSSR count). The average Bonchev–Trinajstić information content (AvgIpc) is 2.40. The molecule has 0 fully saturated rings. The molecule has 0 bridgehead atoms. The van der Waals surface area contributed by atoms with Crippen LogP contribution in [-0.2, 0) is 0 Å². The first-order valence-corrected chi connectivity index (χ1v) is 6.96. The molecular formula is C13H14BrClN2O. The fourth-order valence-corrected chi connectivity index (χ4v) is 2.26. The molecule has 1 amide bonds. The van der Waals surface area contributed by atoms with Crippen molar-refractivity contribution < 1.29 is 4.79 Å². The van der Waals surface area contributed by atoms with Gasteiger partial charge in [0.1, 0.15) is 0 Å². The molecule has 3 nitrogen and oxygen atoms in total. The smallest absolute Gasteiger partial charge is 0.251 e.